The van der Waals surface area contributed by atoms with E-state index in [2.05, 4.69) is 4.72 Å². The van der Waals surface area contributed by atoms with E-state index in [1.54, 1.807) is 6.92 Å². The van der Waals surface area contributed by atoms with Gasteiger partial charge in [0.15, 0.2) is 0 Å². The highest BCUT2D eigenvalue weighted by Gasteiger charge is 2.19. The fraction of sp³-hybridized carbons (Fsp3) is 0.500. The molecule has 0 aliphatic heterocycles. The first-order chi connectivity index (χ1) is 8.27. The van der Waals surface area contributed by atoms with Crippen molar-refractivity contribution in [3.8, 4) is 0 Å². The smallest absolute Gasteiger partial charge is 0.240 e. The van der Waals surface area contributed by atoms with Crippen LogP contribution < -0.4 is 10.5 Å². The zero-order chi connectivity index (χ0) is 13.9. The van der Waals surface area contributed by atoms with Crippen LogP contribution in [0.1, 0.15) is 32.3 Å². The van der Waals surface area contributed by atoms with Gasteiger partial charge in [-0.05, 0) is 38.0 Å². The van der Waals surface area contributed by atoms with Crippen LogP contribution in [0.4, 0.5) is 10.1 Å². The number of anilines is 1. The minimum Gasteiger partial charge on any atom is -0.396 e. The lowest BCUT2D eigenvalue weighted by molar-refractivity contribution is 0.543. The van der Waals surface area contributed by atoms with E-state index in [9.17, 15) is 12.8 Å². The quantitative estimate of drug-likeness (QED) is 0.808. The average molecular weight is 274 g/mol. The Bertz CT molecular complexity index is 506. The first kappa shape index (κ1) is 14.9. The van der Waals surface area contributed by atoms with E-state index in [1.807, 2.05) is 6.92 Å². The molecule has 6 heteroatoms. The minimum atomic E-state index is -3.64. The van der Waals surface area contributed by atoms with Crippen LogP contribution >= 0.6 is 0 Å². The molecule has 3 N–H and O–H groups in total. The van der Waals surface area contributed by atoms with Crippen LogP contribution in [-0.4, -0.2) is 14.5 Å². The topological polar surface area (TPSA) is 72.2 Å². The molecule has 0 aliphatic carbocycles. The molecular formula is C12H19FN2O2S. The molecular weight excluding hydrogens is 255 g/mol. The van der Waals surface area contributed by atoms with Crippen LogP contribution in [-0.2, 0) is 10.0 Å². The molecule has 4 nitrogen and oxygen atoms in total. The molecule has 0 bridgehead atoms. The third-order valence-corrected chi connectivity index (χ3v) is 4.21. The fourth-order valence-electron chi connectivity index (χ4n) is 1.74. The van der Waals surface area contributed by atoms with Crippen molar-refractivity contribution in [2.45, 2.75) is 44.6 Å². The molecule has 0 heterocycles. The molecule has 0 spiro atoms. The van der Waals surface area contributed by atoms with Gasteiger partial charge >= 0.3 is 0 Å². The summed E-state index contributed by atoms with van der Waals surface area (Å²) < 4.78 is 40.0. The zero-order valence-electron chi connectivity index (χ0n) is 10.8. The van der Waals surface area contributed by atoms with Gasteiger partial charge in [0.2, 0.25) is 10.0 Å². The maximum Gasteiger partial charge on any atom is 0.240 e. The number of hydrogen-bond donors (Lipinski definition) is 2. The Kier molecular flexibility index (Phi) is 4.70. The summed E-state index contributed by atoms with van der Waals surface area (Å²) in [7, 11) is -3.64. The van der Waals surface area contributed by atoms with E-state index in [-0.39, 0.29) is 22.2 Å². The maximum atomic E-state index is 13.3. The zero-order valence-corrected chi connectivity index (χ0v) is 11.6. The first-order valence-corrected chi connectivity index (χ1v) is 7.34. The van der Waals surface area contributed by atoms with Gasteiger partial charge in [-0.3, -0.25) is 0 Å². The predicted molar refractivity (Wildman–Crippen MR) is 70.2 cm³/mol. The number of sulfonamides is 1. The molecule has 0 radical (unpaired) electrons. The second-order valence-corrected chi connectivity index (χ2v) is 6.17. The van der Waals surface area contributed by atoms with Crippen LogP contribution in [0, 0.1) is 12.7 Å². The highest BCUT2D eigenvalue weighted by Crippen LogP contribution is 2.21. The van der Waals surface area contributed by atoms with E-state index in [1.165, 1.54) is 13.0 Å². The Morgan fingerprint density at radius 1 is 1.44 bits per heavy atom. The molecule has 1 unspecified atom stereocenters. The SMILES string of the molecule is CCCC(C)NS(=O)(=O)c1cc(C)c(F)c(N)c1. The highest BCUT2D eigenvalue weighted by atomic mass is 32.2. The van der Waals surface area contributed by atoms with Gasteiger partial charge in [0.25, 0.3) is 0 Å². The number of nitrogens with one attached hydrogen (secondary N) is 1. The van der Waals surface area contributed by atoms with Crippen LogP contribution in [0.25, 0.3) is 0 Å². The number of aryl methyl sites for hydroxylation is 1. The Labute approximate surface area is 107 Å². The van der Waals surface area contributed by atoms with Crippen molar-refractivity contribution in [2.75, 3.05) is 5.73 Å². The molecule has 1 rings (SSSR count). The van der Waals surface area contributed by atoms with Crippen molar-refractivity contribution in [3.05, 3.63) is 23.5 Å². The van der Waals surface area contributed by atoms with E-state index >= 15 is 0 Å². The van der Waals surface area contributed by atoms with Gasteiger partial charge in [-0.15, -0.1) is 0 Å². The van der Waals surface area contributed by atoms with Gasteiger partial charge in [-0.25, -0.2) is 17.5 Å². The van der Waals surface area contributed by atoms with Crippen LogP contribution in [0.5, 0.6) is 0 Å². The lowest BCUT2D eigenvalue weighted by Crippen LogP contribution is -2.32. The Morgan fingerprint density at radius 2 is 2.06 bits per heavy atom. The molecule has 0 aromatic heterocycles. The summed E-state index contributed by atoms with van der Waals surface area (Å²) in [6, 6.07) is 2.27. The van der Waals surface area contributed by atoms with Crippen molar-refractivity contribution in [3.63, 3.8) is 0 Å². The molecule has 0 saturated carbocycles. The molecule has 0 fully saturated rings. The average Bonchev–Trinajstić information content (AvgIpc) is 2.24. The number of hydrogen-bond acceptors (Lipinski definition) is 3. The summed E-state index contributed by atoms with van der Waals surface area (Å²) in [6.45, 7) is 5.26. The van der Waals surface area contributed by atoms with E-state index in [0.717, 1.165) is 18.9 Å². The third-order valence-electron chi connectivity index (χ3n) is 2.64. The Morgan fingerprint density at radius 3 is 2.56 bits per heavy atom. The van der Waals surface area contributed by atoms with Crippen LogP contribution in [0.3, 0.4) is 0 Å². The third kappa shape index (κ3) is 3.43. The summed E-state index contributed by atoms with van der Waals surface area (Å²) in [5.41, 5.74) is 5.51. The molecule has 0 aliphatic rings. The van der Waals surface area contributed by atoms with Gasteiger partial charge in [-0.1, -0.05) is 13.3 Å². The molecule has 102 valence electrons. The van der Waals surface area contributed by atoms with Gasteiger partial charge in [0.05, 0.1) is 10.6 Å². The highest BCUT2D eigenvalue weighted by molar-refractivity contribution is 7.89. The molecule has 1 aromatic rings. The number of benzene rings is 1. The van der Waals surface area contributed by atoms with Gasteiger partial charge in [0, 0.05) is 6.04 Å². The maximum absolute atomic E-state index is 13.3. The van der Waals surface area contributed by atoms with Crippen molar-refractivity contribution in [2.24, 2.45) is 0 Å². The van der Waals surface area contributed by atoms with E-state index in [4.69, 9.17) is 5.73 Å². The van der Waals surface area contributed by atoms with E-state index in [0.29, 0.717) is 0 Å². The molecule has 1 atom stereocenters. The molecule has 0 saturated heterocycles. The van der Waals surface area contributed by atoms with Gasteiger partial charge < -0.3 is 5.73 Å². The summed E-state index contributed by atoms with van der Waals surface area (Å²) in [5, 5.41) is 0. The van der Waals surface area contributed by atoms with Crippen molar-refractivity contribution in [1.82, 2.24) is 4.72 Å². The first-order valence-electron chi connectivity index (χ1n) is 5.86. The molecule has 1 aromatic carbocycles. The predicted octanol–water partition coefficient (Wildman–Crippen LogP) is 2.18. The van der Waals surface area contributed by atoms with Crippen LogP contribution in [0.2, 0.25) is 0 Å². The number of rotatable bonds is 5. The lowest BCUT2D eigenvalue weighted by Gasteiger charge is -2.14. The second-order valence-electron chi connectivity index (χ2n) is 4.45. The number of halogens is 1. The summed E-state index contributed by atoms with van der Waals surface area (Å²) in [4.78, 5) is 0.00172. The Hall–Kier alpha value is -1.14. The lowest BCUT2D eigenvalue weighted by atomic mass is 10.2. The summed E-state index contributed by atoms with van der Waals surface area (Å²) >= 11 is 0. The standard InChI is InChI=1S/C12H19FN2O2S/c1-4-5-9(3)15-18(16,17)10-6-8(2)12(13)11(14)7-10/h6-7,9,15H,4-5,14H2,1-3H3. The molecule has 18 heavy (non-hydrogen) atoms. The van der Waals surface area contributed by atoms with E-state index < -0.39 is 15.8 Å². The second kappa shape index (κ2) is 5.67. The van der Waals surface area contributed by atoms with Gasteiger partial charge in [0.1, 0.15) is 5.82 Å². The number of nitrogens with two attached hydrogens (primary N) is 1. The summed E-state index contributed by atoms with van der Waals surface area (Å²) in [5.74, 6) is -0.574. The van der Waals surface area contributed by atoms with Crippen molar-refractivity contribution < 1.29 is 12.8 Å². The largest absolute Gasteiger partial charge is 0.396 e. The molecule has 0 amide bonds. The van der Waals surface area contributed by atoms with Crippen LogP contribution in [0.15, 0.2) is 17.0 Å². The number of nitrogen functional groups attached to an aromatic ring is 1. The van der Waals surface area contributed by atoms with Gasteiger partial charge in [-0.2, -0.15) is 0 Å². The fourth-order valence-corrected chi connectivity index (χ4v) is 3.14. The minimum absolute atomic E-state index is 0.00172. The summed E-state index contributed by atoms with van der Waals surface area (Å²) in [6.07, 6.45) is 1.63. The Balaban J connectivity index is 3.06. The van der Waals surface area contributed by atoms with Crippen molar-refractivity contribution >= 4 is 15.7 Å². The normalized spacial score (nSPS) is 13.6. The van der Waals surface area contributed by atoms with Crippen molar-refractivity contribution in [1.29, 1.82) is 0 Å². The monoisotopic (exact) mass is 274 g/mol.